The molecule has 4 rings (SSSR count). The molecule has 0 spiro atoms. The molecule has 0 bridgehead atoms. The maximum atomic E-state index is 13.4. The number of amides is 1. The summed E-state index contributed by atoms with van der Waals surface area (Å²) < 4.78 is 5.41. The van der Waals surface area contributed by atoms with Gasteiger partial charge in [-0.25, -0.2) is 0 Å². The third-order valence-electron chi connectivity index (χ3n) is 6.62. The summed E-state index contributed by atoms with van der Waals surface area (Å²) in [6.45, 7) is 2.83. The summed E-state index contributed by atoms with van der Waals surface area (Å²) in [7, 11) is 3.62. The minimum Gasteiger partial charge on any atom is -0.497 e. The normalized spacial score (nSPS) is 32.9. The second kappa shape index (κ2) is 5.12. The monoisotopic (exact) mass is 329 g/mol. The Hall–Kier alpha value is -1.75. The number of nitrogens with two attached hydrogens (primary N) is 1. The number of methoxy groups -OCH3 is 1. The Kier molecular flexibility index (Phi) is 3.36. The van der Waals surface area contributed by atoms with Crippen LogP contribution in [0.25, 0.3) is 0 Å². The van der Waals surface area contributed by atoms with Crippen molar-refractivity contribution in [3.8, 4) is 5.75 Å². The minimum atomic E-state index is -1.00. The quantitative estimate of drug-likeness (QED) is 0.904. The maximum Gasteiger partial charge on any atom is 0.264 e. The van der Waals surface area contributed by atoms with E-state index in [1.165, 1.54) is 19.3 Å². The average Bonchev–Trinajstić information content (AvgIpc) is 2.93. The van der Waals surface area contributed by atoms with Gasteiger partial charge in [0.2, 0.25) is 0 Å². The number of benzene rings is 1. The highest BCUT2D eigenvalue weighted by Gasteiger charge is 2.67. The van der Waals surface area contributed by atoms with Gasteiger partial charge in [-0.15, -0.1) is 0 Å². The fourth-order valence-corrected chi connectivity index (χ4v) is 5.05. The second-order valence-electron chi connectivity index (χ2n) is 7.77. The Bertz CT molecular complexity index is 685. The molecule has 1 aromatic rings. The van der Waals surface area contributed by atoms with Gasteiger partial charge in [0, 0.05) is 25.3 Å². The van der Waals surface area contributed by atoms with Crippen molar-refractivity contribution in [1.29, 1.82) is 0 Å². The molecule has 2 fully saturated rings. The third-order valence-corrected chi connectivity index (χ3v) is 6.62. The highest BCUT2D eigenvalue weighted by molar-refractivity contribution is 5.98. The van der Waals surface area contributed by atoms with Gasteiger partial charge in [-0.2, -0.15) is 0 Å². The van der Waals surface area contributed by atoms with E-state index in [4.69, 9.17) is 10.5 Å². The standard InChI is InChI=1S/C19H27N3O2/c1-18-12-22(13-7-5-4-6-8-13)17(23)19(18,20)21(2)16-10-9-14(24-3)11-15(16)18/h9-11,13H,4-8,12,20H2,1-3H3. The van der Waals surface area contributed by atoms with Crippen LogP contribution in [-0.2, 0) is 10.2 Å². The third kappa shape index (κ3) is 1.76. The van der Waals surface area contributed by atoms with E-state index in [9.17, 15) is 4.79 Å². The Labute approximate surface area is 143 Å². The van der Waals surface area contributed by atoms with Crippen molar-refractivity contribution >= 4 is 11.6 Å². The minimum absolute atomic E-state index is 0.0783. The number of carbonyl (C=O) groups excluding carboxylic acids is 1. The molecule has 2 aliphatic heterocycles. The molecule has 130 valence electrons. The smallest absolute Gasteiger partial charge is 0.264 e. The molecule has 0 radical (unpaired) electrons. The summed E-state index contributed by atoms with van der Waals surface area (Å²) in [6, 6.07) is 6.35. The molecule has 1 aromatic carbocycles. The lowest BCUT2D eigenvalue weighted by Crippen LogP contribution is -2.65. The van der Waals surface area contributed by atoms with Crippen LogP contribution in [0.2, 0.25) is 0 Å². The molecule has 1 amide bonds. The van der Waals surface area contributed by atoms with Gasteiger partial charge >= 0.3 is 0 Å². The van der Waals surface area contributed by atoms with Crippen LogP contribution in [-0.4, -0.2) is 43.2 Å². The Morgan fingerprint density at radius 3 is 2.62 bits per heavy atom. The molecule has 5 nitrogen and oxygen atoms in total. The predicted molar refractivity (Wildman–Crippen MR) is 94.3 cm³/mol. The molecule has 2 N–H and O–H groups in total. The first-order chi connectivity index (χ1) is 11.4. The molecular formula is C19H27N3O2. The van der Waals surface area contributed by atoms with Gasteiger partial charge in [0.15, 0.2) is 5.66 Å². The SMILES string of the molecule is COc1ccc2c(c1)C1(C)CN(C3CCCCC3)C(=O)C1(N)N2C. The van der Waals surface area contributed by atoms with Gasteiger partial charge in [0.05, 0.1) is 12.5 Å². The van der Waals surface area contributed by atoms with E-state index in [0.717, 1.165) is 29.8 Å². The van der Waals surface area contributed by atoms with E-state index < -0.39 is 11.1 Å². The number of anilines is 1. The largest absolute Gasteiger partial charge is 0.497 e. The van der Waals surface area contributed by atoms with Crippen molar-refractivity contribution < 1.29 is 9.53 Å². The van der Waals surface area contributed by atoms with Crippen LogP contribution < -0.4 is 15.4 Å². The maximum absolute atomic E-state index is 13.4. The first-order valence-electron chi connectivity index (χ1n) is 8.96. The highest BCUT2D eigenvalue weighted by Crippen LogP contribution is 2.54. The number of hydrogen-bond acceptors (Lipinski definition) is 4. The molecule has 3 aliphatic rings. The molecule has 1 saturated heterocycles. The van der Waals surface area contributed by atoms with Crippen LogP contribution in [0, 0.1) is 0 Å². The Balaban J connectivity index is 1.78. The Morgan fingerprint density at radius 1 is 1.25 bits per heavy atom. The van der Waals surface area contributed by atoms with Crippen LogP contribution in [0.15, 0.2) is 18.2 Å². The summed E-state index contributed by atoms with van der Waals surface area (Å²) >= 11 is 0. The summed E-state index contributed by atoms with van der Waals surface area (Å²) in [6.07, 6.45) is 5.91. The predicted octanol–water partition coefficient (Wildman–Crippen LogP) is 2.23. The second-order valence-corrected chi connectivity index (χ2v) is 7.77. The first kappa shape index (κ1) is 15.8. The molecule has 5 heteroatoms. The molecular weight excluding hydrogens is 302 g/mol. The molecule has 24 heavy (non-hydrogen) atoms. The van der Waals surface area contributed by atoms with Crippen molar-refractivity contribution in [2.75, 3.05) is 25.6 Å². The van der Waals surface area contributed by atoms with Crippen molar-refractivity contribution in [3.63, 3.8) is 0 Å². The lowest BCUT2D eigenvalue weighted by Gasteiger charge is -2.37. The van der Waals surface area contributed by atoms with Crippen molar-refractivity contribution in [2.24, 2.45) is 5.73 Å². The zero-order chi connectivity index (χ0) is 17.1. The van der Waals surface area contributed by atoms with E-state index in [-0.39, 0.29) is 5.91 Å². The molecule has 1 saturated carbocycles. The van der Waals surface area contributed by atoms with Crippen LogP contribution in [0.5, 0.6) is 5.75 Å². The lowest BCUT2D eigenvalue weighted by atomic mass is 9.76. The highest BCUT2D eigenvalue weighted by atomic mass is 16.5. The van der Waals surface area contributed by atoms with Gasteiger partial charge in [-0.3, -0.25) is 10.5 Å². The number of likely N-dealkylation sites (N-methyl/N-ethyl adjacent to an activating group) is 1. The topological polar surface area (TPSA) is 58.8 Å². The van der Waals surface area contributed by atoms with Crippen LogP contribution >= 0.6 is 0 Å². The van der Waals surface area contributed by atoms with Crippen LogP contribution in [0.3, 0.4) is 0 Å². The summed E-state index contributed by atoms with van der Waals surface area (Å²) in [4.78, 5) is 17.4. The zero-order valence-electron chi connectivity index (χ0n) is 14.8. The van der Waals surface area contributed by atoms with Crippen molar-refractivity contribution in [1.82, 2.24) is 4.90 Å². The molecule has 0 aromatic heterocycles. The van der Waals surface area contributed by atoms with Crippen LogP contribution in [0.4, 0.5) is 5.69 Å². The van der Waals surface area contributed by atoms with Gasteiger partial charge in [0.1, 0.15) is 5.75 Å². The van der Waals surface area contributed by atoms with Gasteiger partial charge < -0.3 is 14.5 Å². The lowest BCUT2D eigenvalue weighted by molar-refractivity contribution is -0.134. The summed E-state index contributed by atoms with van der Waals surface area (Å²) in [5.41, 5.74) is 7.56. The van der Waals surface area contributed by atoms with E-state index in [1.54, 1.807) is 7.11 Å². The van der Waals surface area contributed by atoms with E-state index >= 15 is 0 Å². The summed E-state index contributed by atoms with van der Waals surface area (Å²) in [5.74, 6) is 0.894. The van der Waals surface area contributed by atoms with Crippen molar-refractivity contribution in [2.45, 2.75) is 56.1 Å². The van der Waals surface area contributed by atoms with E-state index in [0.29, 0.717) is 12.6 Å². The number of hydrogen-bond donors (Lipinski definition) is 1. The van der Waals surface area contributed by atoms with Gasteiger partial charge in [0.25, 0.3) is 5.91 Å². The number of nitrogens with zero attached hydrogens (tertiary/aromatic N) is 2. The molecule has 2 unspecified atom stereocenters. The average molecular weight is 329 g/mol. The zero-order valence-corrected chi connectivity index (χ0v) is 14.8. The van der Waals surface area contributed by atoms with E-state index in [2.05, 4.69) is 17.9 Å². The fraction of sp³-hybridized carbons (Fsp3) is 0.632. The molecule has 1 aliphatic carbocycles. The number of ether oxygens (including phenoxy) is 1. The number of rotatable bonds is 2. The molecule has 2 atom stereocenters. The number of carbonyl (C=O) groups is 1. The number of likely N-dealkylation sites (tertiary alicyclic amines) is 1. The van der Waals surface area contributed by atoms with Crippen molar-refractivity contribution in [3.05, 3.63) is 23.8 Å². The summed E-state index contributed by atoms with van der Waals surface area (Å²) in [5, 5.41) is 0. The van der Waals surface area contributed by atoms with Crippen LogP contribution in [0.1, 0.15) is 44.6 Å². The molecule has 2 heterocycles. The fourth-order valence-electron chi connectivity index (χ4n) is 5.05. The Morgan fingerprint density at radius 2 is 1.96 bits per heavy atom. The van der Waals surface area contributed by atoms with Gasteiger partial charge in [-0.05, 0) is 43.5 Å². The van der Waals surface area contributed by atoms with E-state index in [1.807, 2.05) is 24.1 Å². The first-order valence-corrected chi connectivity index (χ1v) is 8.96. The van der Waals surface area contributed by atoms with Gasteiger partial charge in [-0.1, -0.05) is 19.3 Å². The number of fused-ring (bicyclic) bond motifs is 3.